The predicted molar refractivity (Wildman–Crippen MR) is 111 cm³/mol. The Kier molecular flexibility index (Phi) is 7.19. The maximum absolute atomic E-state index is 12.0. The highest BCUT2D eigenvalue weighted by Gasteiger charge is 2.07. The van der Waals surface area contributed by atoms with E-state index in [-0.39, 0.29) is 22.0 Å². The zero-order chi connectivity index (χ0) is 18.9. The SMILES string of the molecule is CCC(=O)NC(=S)Nc1ccc(NC(=S)NC(=O)c2ccccc2)cc1. The Morgan fingerprint density at radius 1 is 0.808 bits per heavy atom. The van der Waals surface area contributed by atoms with E-state index in [0.29, 0.717) is 17.7 Å². The van der Waals surface area contributed by atoms with Gasteiger partial charge in [0.25, 0.3) is 5.91 Å². The van der Waals surface area contributed by atoms with E-state index in [9.17, 15) is 9.59 Å². The molecule has 8 heteroatoms. The van der Waals surface area contributed by atoms with Crippen molar-refractivity contribution in [1.29, 1.82) is 0 Å². The number of anilines is 2. The number of thiocarbonyl (C=S) groups is 2. The molecule has 0 heterocycles. The molecule has 4 N–H and O–H groups in total. The van der Waals surface area contributed by atoms with Gasteiger partial charge >= 0.3 is 0 Å². The third kappa shape index (κ3) is 6.23. The van der Waals surface area contributed by atoms with E-state index in [1.807, 2.05) is 6.07 Å². The summed E-state index contributed by atoms with van der Waals surface area (Å²) in [6, 6.07) is 15.9. The third-order valence-electron chi connectivity index (χ3n) is 3.24. The quantitative estimate of drug-likeness (QED) is 0.605. The van der Waals surface area contributed by atoms with Gasteiger partial charge in [0.15, 0.2) is 10.2 Å². The fourth-order valence-corrected chi connectivity index (χ4v) is 2.38. The highest BCUT2D eigenvalue weighted by Crippen LogP contribution is 2.13. The van der Waals surface area contributed by atoms with E-state index in [4.69, 9.17) is 24.4 Å². The Morgan fingerprint density at radius 2 is 1.31 bits per heavy atom. The molecule has 0 unspecified atom stereocenters. The Morgan fingerprint density at radius 3 is 1.81 bits per heavy atom. The van der Waals surface area contributed by atoms with Crippen molar-refractivity contribution in [2.24, 2.45) is 0 Å². The number of carbonyl (C=O) groups excluding carboxylic acids is 2. The van der Waals surface area contributed by atoms with Gasteiger partial charge in [-0.05, 0) is 60.8 Å². The van der Waals surface area contributed by atoms with Crippen LogP contribution in [0, 0.1) is 0 Å². The molecule has 0 bridgehead atoms. The summed E-state index contributed by atoms with van der Waals surface area (Å²) in [5.74, 6) is -0.432. The van der Waals surface area contributed by atoms with Crippen LogP contribution in [-0.4, -0.2) is 22.0 Å². The summed E-state index contributed by atoms with van der Waals surface area (Å²) >= 11 is 10.2. The zero-order valence-corrected chi connectivity index (χ0v) is 15.7. The van der Waals surface area contributed by atoms with Gasteiger partial charge in [0, 0.05) is 23.4 Å². The van der Waals surface area contributed by atoms with Crippen LogP contribution in [0.4, 0.5) is 11.4 Å². The average Bonchev–Trinajstić information content (AvgIpc) is 2.63. The second-order valence-electron chi connectivity index (χ2n) is 5.21. The molecule has 0 spiro atoms. The molecule has 0 aliphatic heterocycles. The van der Waals surface area contributed by atoms with Crippen molar-refractivity contribution in [2.75, 3.05) is 10.6 Å². The average molecular weight is 387 g/mol. The molecular formula is C18H18N4O2S2. The lowest BCUT2D eigenvalue weighted by Gasteiger charge is -2.11. The van der Waals surface area contributed by atoms with E-state index < -0.39 is 0 Å². The van der Waals surface area contributed by atoms with Gasteiger partial charge in [-0.1, -0.05) is 25.1 Å². The molecular weight excluding hydrogens is 368 g/mol. The van der Waals surface area contributed by atoms with Crippen molar-refractivity contribution in [1.82, 2.24) is 10.6 Å². The van der Waals surface area contributed by atoms with Crippen molar-refractivity contribution in [3.05, 3.63) is 60.2 Å². The molecule has 0 aliphatic rings. The van der Waals surface area contributed by atoms with Crippen LogP contribution >= 0.6 is 24.4 Å². The predicted octanol–water partition coefficient (Wildman–Crippen LogP) is 3.04. The number of carbonyl (C=O) groups is 2. The van der Waals surface area contributed by atoms with Crippen molar-refractivity contribution in [3.8, 4) is 0 Å². The molecule has 0 aliphatic carbocycles. The van der Waals surface area contributed by atoms with Gasteiger partial charge in [-0.25, -0.2) is 0 Å². The maximum atomic E-state index is 12.0. The topological polar surface area (TPSA) is 82.3 Å². The first-order valence-corrected chi connectivity index (χ1v) is 8.68. The molecule has 2 rings (SSSR count). The van der Waals surface area contributed by atoms with Gasteiger partial charge in [-0.3, -0.25) is 14.9 Å². The molecule has 2 aromatic rings. The molecule has 0 atom stereocenters. The molecule has 26 heavy (non-hydrogen) atoms. The Balaban J connectivity index is 1.86. The van der Waals surface area contributed by atoms with Crippen molar-refractivity contribution in [2.45, 2.75) is 13.3 Å². The summed E-state index contributed by atoms with van der Waals surface area (Å²) in [5, 5.41) is 11.5. The standard InChI is InChI=1S/C18H18N4O2S2/c1-2-15(23)21-17(25)19-13-8-10-14(11-9-13)20-18(26)22-16(24)12-6-4-3-5-7-12/h3-11H,2H2,1H3,(H2,19,21,23,25)(H2,20,22,24,26). The van der Waals surface area contributed by atoms with Crippen LogP contribution in [0.5, 0.6) is 0 Å². The first kappa shape index (κ1) is 19.5. The van der Waals surface area contributed by atoms with Crippen LogP contribution in [-0.2, 0) is 4.79 Å². The first-order chi connectivity index (χ1) is 12.5. The molecule has 6 nitrogen and oxygen atoms in total. The summed E-state index contributed by atoms with van der Waals surface area (Å²) in [5.41, 5.74) is 1.95. The van der Waals surface area contributed by atoms with Crippen molar-refractivity contribution in [3.63, 3.8) is 0 Å². The van der Waals surface area contributed by atoms with Crippen molar-refractivity contribution < 1.29 is 9.59 Å². The van der Waals surface area contributed by atoms with Crippen molar-refractivity contribution >= 4 is 57.8 Å². The molecule has 0 saturated heterocycles. The van der Waals surface area contributed by atoms with Crippen LogP contribution in [0.3, 0.4) is 0 Å². The summed E-state index contributed by atoms with van der Waals surface area (Å²) in [4.78, 5) is 23.3. The zero-order valence-electron chi connectivity index (χ0n) is 14.0. The van der Waals surface area contributed by atoms with Crippen LogP contribution in [0.1, 0.15) is 23.7 Å². The van der Waals surface area contributed by atoms with Gasteiger partial charge in [0.05, 0.1) is 0 Å². The number of nitrogens with one attached hydrogen (secondary N) is 4. The molecule has 2 aromatic carbocycles. The smallest absolute Gasteiger partial charge is 0.257 e. The van der Waals surface area contributed by atoms with Gasteiger partial charge in [0.1, 0.15) is 0 Å². The normalized spacial score (nSPS) is 9.73. The van der Waals surface area contributed by atoms with Gasteiger partial charge in [0.2, 0.25) is 5.91 Å². The minimum Gasteiger partial charge on any atom is -0.332 e. The Labute approximate surface area is 162 Å². The lowest BCUT2D eigenvalue weighted by Crippen LogP contribution is -2.34. The number of rotatable bonds is 4. The Bertz CT molecular complexity index is 808. The van der Waals surface area contributed by atoms with Gasteiger partial charge < -0.3 is 16.0 Å². The second kappa shape index (κ2) is 9.59. The highest BCUT2D eigenvalue weighted by molar-refractivity contribution is 7.80. The Hall–Kier alpha value is -2.84. The van der Waals surface area contributed by atoms with Gasteiger partial charge in [-0.15, -0.1) is 0 Å². The summed E-state index contributed by atoms with van der Waals surface area (Å²) in [7, 11) is 0. The lowest BCUT2D eigenvalue weighted by atomic mass is 10.2. The molecule has 134 valence electrons. The summed E-state index contributed by atoms with van der Waals surface area (Å²) in [6.07, 6.45) is 0.358. The molecule has 2 amide bonds. The minimum atomic E-state index is -0.279. The maximum Gasteiger partial charge on any atom is 0.257 e. The van der Waals surface area contributed by atoms with Gasteiger partial charge in [-0.2, -0.15) is 0 Å². The monoisotopic (exact) mass is 386 g/mol. The van der Waals surface area contributed by atoms with E-state index in [0.717, 1.165) is 5.69 Å². The highest BCUT2D eigenvalue weighted by atomic mass is 32.1. The van der Waals surface area contributed by atoms with Crippen LogP contribution < -0.4 is 21.3 Å². The molecule has 0 aromatic heterocycles. The van der Waals surface area contributed by atoms with Crippen LogP contribution in [0.25, 0.3) is 0 Å². The summed E-state index contributed by atoms with van der Waals surface area (Å²) in [6.45, 7) is 1.75. The largest absolute Gasteiger partial charge is 0.332 e. The van der Waals surface area contributed by atoms with E-state index in [1.165, 1.54) is 0 Å². The molecule has 0 saturated carbocycles. The number of hydrogen-bond donors (Lipinski definition) is 4. The number of amides is 2. The van der Waals surface area contributed by atoms with Crippen LogP contribution in [0.2, 0.25) is 0 Å². The van der Waals surface area contributed by atoms with Crippen LogP contribution in [0.15, 0.2) is 54.6 Å². The first-order valence-electron chi connectivity index (χ1n) is 7.86. The minimum absolute atomic E-state index is 0.153. The molecule has 0 radical (unpaired) electrons. The number of hydrogen-bond acceptors (Lipinski definition) is 4. The summed E-state index contributed by atoms with van der Waals surface area (Å²) < 4.78 is 0. The van der Waals surface area contributed by atoms with E-state index in [2.05, 4.69) is 21.3 Å². The van der Waals surface area contributed by atoms with E-state index in [1.54, 1.807) is 55.5 Å². The van der Waals surface area contributed by atoms with E-state index >= 15 is 0 Å². The fourth-order valence-electron chi connectivity index (χ4n) is 1.94. The molecule has 0 fully saturated rings. The second-order valence-corrected chi connectivity index (χ2v) is 6.02. The number of benzene rings is 2. The third-order valence-corrected chi connectivity index (χ3v) is 3.65. The lowest BCUT2D eigenvalue weighted by molar-refractivity contribution is -0.119. The fraction of sp³-hybridized carbons (Fsp3) is 0.111.